The van der Waals surface area contributed by atoms with Crippen LogP contribution in [0.25, 0.3) is 0 Å². The van der Waals surface area contributed by atoms with Gasteiger partial charge in [-0.05, 0) is 31.4 Å². The Labute approximate surface area is 138 Å². The van der Waals surface area contributed by atoms with Gasteiger partial charge in [0.2, 0.25) is 11.8 Å². The Bertz CT molecular complexity index is 498. The molecule has 0 aliphatic carbocycles. The van der Waals surface area contributed by atoms with Crippen molar-refractivity contribution in [3.05, 3.63) is 35.9 Å². The van der Waals surface area contributed by atoms with Crippen molar-refractivity contribution in [2.45, 2.75) is 51.1 Å². The van der Waals surface area contributed by atoms with Crippen LogP contribution >= 0.6 is 0 Å². The highest BCUT2D eigenvalue weighted by Crippen LogP contribution is 2.05. The molecule has 126 valence electrons. The van der Waals surface area contributed by atoms with Gasteiger partial charge in [-0.25, -0.2) is 0 Å². The molecule has 1 fully saturated rings. The summed E-state index contributed by atoms with van der Waals surface area (Å²) in [6, 6.07) is 9.31. The number of benzene rings is 1. The fourth-order valence-corrected chi connectivity index (χ4v) is 2.86. The second kappa shape index (κ2) is 9.30. The van der Waals surface area contributed by atoms with Crippen LogP contribution in [-0.2, 0) is 16.0 Å². The number of amides is 2. The normalized spacial score (nSPS) is 18.9. The third-order valence-electron chi connectivity index (χ3n) is 4.08. The number of nitrogens with one attached hydrogen (secondary N) is 3. The SMILES string of the molecule is CCCC(NC(=O)Cc1ccccc1)C(=O)NC1CCCNC1. The van der Waals surface area contributed by atoms with Crippen molar-refractivity contribution in [2.24, 2.45) is 0 Å². The second-order valence-corrected chi connectivity index (χ2v) is 6.12. The van der Waals surface area contributed by atoms with Gasteiger partial charge in [-0.1, -0.05) is 43.7 Å². The molecule has 0 aromatic heterocycles. The van der Waals surface area contributed by atoms with Gasteiger partial charge in [0.25, 0.3) is 0 Å². The van der Waals surface area contributed by atoms with Crippen LogP contribution in [0.2, 0.25) is 0 Å². The van der Waals surface area contributed by atoms with Crippen molar-refractivity contribution < 1.29 is 9.59 Å². The van der Waals surface area contributed by atoms with E-state index >= 15 is 0 Å². The maximum Gasteiger partial charge on any atom is 0.242 e. The van der Waals surface area contributed by atoms with E-state index in [0.717, 1.165) is 37.9 Å². The molecule has 2 atom stereocenters. The topological polar surface area (TPSA) is 70.2 Å². The van der Waals surface area contributed by atoms with Crippen LogP contribution in [-0.4, -0.2) is 37.0 Å². The molecule has 1 aromatic rings. The molecule has 1 aliphatic rings. The van der Waals surface area contributed by atoms with Crippen LogP contribution in [0.3, 0.4) is 0 Å². The number of rotatable bonds is 7. The molecule has 0 radical (unpaired) electrons. The Hall–Kier alpha value is -1.88. The zero-order valence-corrected chi connectivity index (χ0v) is 13.8. The first-order chi connectivity index (χ1) is 11.2. The Kier molecular flexibility index (Phi) is 7.07. The maximum atomic E-state index is 12.4. The summed E-state index contributed by atoms with van der Waals surface area (Å²) < 4.78 is 0. The predicted octanol–water partition coefficient (Wildman–Crippen LogP) is 1.38. The number of carbonyl (C=O) groups excluding carboxylic acids is 2. The van der Waals surface area contributed by atoms with Crippen molar-refractivity contribution in [3.63, 3.8) is 0 Å². The molecule has 1 aromatic carbocycles. The van der Waals surface area contributed by atoms with Gasteiger partial charge < -0.3 is 16.0 Å². The third-order valence-corrected chi connectivity index (χ3v) is 4.08. The first-order valence-electron chi connectivity index (χ1n) is 8.53. The van der Waals surface area contributed by atoms with Gasteiger partial charge in [0, 0.05) is 12.6 Å². The van der Waals surface area contributed by atoms with Crippen molar-refractivity contribution in [1.82, 2.24) is 16.0 Å². The van der Waals surface area contributed by atoms with Crippen LogP contribution in [0.1, 0.15) is 38.2 Å². The summed E-state index contributed by atoms with van der Waals surface area (Å²) in [4.78, 5) is 24.6. The molecule has 1 aliphatic heterocycles. The number of carbonyl (C=O) groups is 2. The minimum Gasteiger partial charge on any atom is -0.350 e. The molecule has 5 heteroatoms. The molecule has 0 bridgehead atoms. The standard InChI is InChI=1S/C18H27N3O2/c1-2-7-16(18(23)20-15-10-6-11-19-13-15)21-17(22)12-14-8-4-3-5-9-14/h3-5,8-9,15-16,19H,2,6-7,10-13H2,1H3,(H,20,23)(H,21,22). The summed E-state index contributed by atoms with van der Waals surface area (Å²) in [6.07, 6.45) is 3.89. The van der Waals surface area contributed by atoms with E-state index in [0.29, 0.717) is 12.8 Å². The van der Waals surface area contributed by atoms with Gasteiger partial charge >= 0.3 is 0 Å². The Morgan fingerprint density at radius 1 is 1.30 bits per heavy atom. The lowest BCUT2D eigenvalue weighted by molar-refractivity contribution is -0.129. The molecule has 23 heavy (non-hydrogen) atoms. The largest absolute Gasteiger partial charge is 0.350 e. The van der Waals surface area contributed by atoms with Crippen molar-refractivity contribution in [3.8, 4) is 0 Å². The lowest BCUT2D eigenvalue weighted by atomic mass is 10.1. The van der Waals surface area contributed by atoms with Crippen molar-refractivity contribution in [2.75, 3.05) is 13.1 Å². The molecule has 2 amide bonds. The van der Waals surface area contributed by atoms with Gasteiger partial charge in [0.1, 0.15) is 6.04 Å². The summed E-state index contributed by atoms with van der Waals surface area (Å²) in [7, 11) is 0. The number of hydrogen-bond donors (Lipinski definition) is 3. The molecular formula is C18H27N3O2. The summed E-state index contributed by atoms with van der Waals surface area (Å²) in [5.41, 5.74) is 0.956. The summed E-state index contributed by atoms with van der Waals surface area (Å²) in [5, 5.41) is 9.22. The summed E-state index contributed by atoms with van der Waals surface area (Å²) >= 11 is 0. The van der Waals surface area contributed by atoms with Crippen LogP contribution in [0.4, 0.5) is 0 Å². The summed E-state index contributed by atoms with van der Waals surface area (Å²) in [5.74, 6) is -0.173. The first kappa shape index (κ1) is 17.5. The monoisotopic (exact) mass is 317 g/mol. The lowest BCUT2D eigenvalue weighted by Gasteiger charge is -2.26. The minimum absolute atomic E-state index is 0.0676. The third kappa shape index (κ3) is 6.02. The second-order valence-electron chi connectivity index (χ2n) is 6.12. The average molecular weight is 317 g/mol. The molecule has 5 nitrogen and oxygen atoms in total. The van der Waals surface area contributed by atoms with Gasteiger partial charge in [0.15, 0.2) is 0 Å². The van der Waals surface area contributed by atoms with E-state index in [1.807, 2.05) is 37.3 Å². The smallest absolute Gasteiger partial charge is 0.242 e. The Morgan fingerprint density at radius 3 is 2.74 bits per heavy atom. The highest BCUT2D eigenvalue weighted by molar-refractivity contribution is 5.88. The van der Waals surface area contributed by atoms with Crippen LogP contribution in [0, 0.1) is 0 Å². The van der Waals surface area contributed by atoms with Crippen LogP contribution < -0.4 is 16.0 Å². The molecule has 3 N–H and O–H groups in total. The predicted molar refractivity (Wildman–Crippen MR) is 91.0 cm³/mol. The first-order valence-corrected chi connectivity index (χ1v) is 8.53. The highest BCUT2D eigenvalue weighted by atomic mass is 16.2. The van der Waals surface area contributed by atoms with E-state index < -0.39 is 6.04 Å². The van der Waals surface area contributed by atoms with Crippen LogP contribution in [0.15, 0.2) is 30.3 Å². The number of piperidine rings is 1. The maximum absolute atomic E-state index is 12.4. The molecule has 0 spiro atoms. The Balaban J connectivity index is 1.86. The van der Waals surface area contributed by atoms with Gasteiger partial charge in [-0.3, -0.25) is 9.59 Å². The molecular weight excluding hydrogens is 290 g/mol. The minimum atomic E-state index is -0.446. The highest BCUT2D eigenvalue weighted by Gasteiger charge is 2.23. The molecule has 2 unspecified atom stereocenters. The van der Waals surface area contributed by atoms with Crippen LogP contribution in [0.5, 0.6) is 0 Å². The lowest BCUT2D eigenvalue weighted by Crippen LogP contribution is -2.53. The van der Waals surface area contributed by atoms with Gasteiger partial charge in [-0.2, -0.15) is 0 Å². The Morgan fingerprint density at radius 2 is 2.09 bits per heavy atom. The van der Waals surface area contributed by atoms with E-state index in [2.05, 4.69) is 16.0 Å². The van der Waals surface area contributed by atoms with E-state index in [1.54, 1.807) is 0 Å². The molecule has 0 saturated carbocycles. The van der Waals surface area contributed by atoms with Gasteiger partial charge in [-0.15, -0.1) is 0 Å². The van der Waals surface area contributed by atoms with E-state index in [4.69, 9.17) is 0 Å². The van der Waals surface area contributed by atoms with Gasteiger partial charge in [0.05, 0.1) is 6.42 Å². The van der Waals surface area contributed by atoms with Crippen molar-refractivity contribution in [1.29, 1.82) is 0 Å². The fourth-order valence-electron chi connectivity index (χ4n) is 2.86. The molecule has 2 rings (SSSR count). The van der Waals surface area contributed by atoms with E-state index in [-0.39, 0.29) is 17.9 Å². The fraction of sp³-hybridized carbons (Fsp3) is 0.556. The summed E-state index contributed by atoms with van der Waals surface area (Å²) in [6.45, 7) is 3.84. The van der Waals surface area contributed by atoms with Crippen molar-refractivity contribution >= 4 is 11.8 Å². The molecule has 1 saturated heterocycles. The number of hydrogen-bond acceptors (Lipinski definition) is 3. The quantitative estimate of drug-likeness (QED) is 0.711. The zero-order chi connectivity index (χ0) is 16.5. The van der Waals surface area contributed by atoms with E-state index in [9.17, 15) is 9.59 Å². The van der Waals surface area contributed by atoms with E-state index in [1.165, 1.54) is 0 Å². The molecule has 1 heterocycles. The average Bonchev–Trinajstić information content (AvgIpc) is 2.56. The zero-order valence-electron chi connectivity index (χ0n) is 13.8.